The maximum atomic E-state index is 12.2. The summed E-state index contributed by atoms with van der Waals surface area (Å²) >= 11 is 0. The Bertz CT molecular complexity index is 859. The van der Waals surface area contributed by atoms with Gasteiger partial charge in [0.2, 0.25) is 0 Å². The van der Waals surface area contributed by atoms with Crippen LogP contribution in [-0.2, 0) is 11.3 Å². The van der Waals surface area contributed by atoms with Crippen LogP contribution in [0.1, 0.15) is 25.3 Å². The van der Waals surface area contributed by atoms with Crippen LogP contribution in [0.25, 0.3) is 10.9 Å². The average molecular weight is 339 g/mol. The summed E-state index contributed by atoms with van der Waals surface area (Å²) < 4.78 is 12.3. The second-order valence-electron chi connectivity index (χ2n) is 5.69. The molecule has 0 saturated carbocycles. The molecule has 0 fully saturated rings. The summed E-state index contributed by atoms with van der Waals surface area (Å²) in [5.74, 6) is 0.831. The number of hydrogen-bond acceptors (Lipinski definition) is 5. The van der Waals surface area contributed by atoms with E-state index >= 15 is 0 Å². The fourth-order valence-electron chi connectivity index (χ4n) is 2.52. The summed E-state index contributed by atoms with van der Waals surface area (Å²) in [5.41, 5.74) is 7.64. The van der Waals surface area contributed by atoms with Crippen molar-refractivity contribution in [1.82, 2.24) is 9.78 Å². The third kappa shape index (κ3) is 3.74. The van der Waals surface area contributed by atoms with Crippen LogP contribution in [0.4, 0.5) is 10.6 Å². The molecule has 2 aromatic carbocycles. The third-order valence-electron chi connectivity index (χ3n) is 3.83. The van der Waals surface area contributed by atoms with Gasteiger partial charge in [-0.1, -0.05) is 49.7 Å². The fraction of sp³-hybridized carbons (Fsp3) is 0.263. The molecule has 0 aliphatic rings. The molecular weight excluding hydrogens is 318 g/mol. The number of ether oxygens (including phenoxy) is 2. The number of rotatable bonds is 6. The Morgan fingerprint density at radius 2 is 1.96 bits per heavy atom. The van der Waals surface area contributed by atoms with Crippen LogP contribution in [0.15, 0.2) is 48.5 Å². The lowest BCUT2D eigenvalue weighted by Crippen LogP contribution is -2.15. The number of carbonyl (C=O) groups excluding carboxylic acids is 1. The lowest BCUT2D eigenvalue weighted by molar-refractivity contribution is 0.144. The number of aromatic nitrogens is 2. The zero-order chi connectivity index (χ0) is 17.6. The van der Waals surface area contributed by atoms with Crippen LogP contribution in [-0.4, -0.2) is 22.5 Å². The smallest absolute Gasteiger partial charge is 0.435 e. The van der Waals surface area contributed by atoms with Gasteiger partial charge in [-0.2, -0.15) is 4.68 Å². The normalized spacial score (nSPS) is 10.8. The lowest BCUT2D eigenvalue weighted by atomic mass is 10.2. The third-order valence-corrected chi connectivity index (χ3v) is 3.83. The summed E-state index contributed by atoms with van der Waals surface area (Å²) in [6, 6.07) is 15.2. The van der Waals surface area contributed by atoms with Crippen molar-refractivity contribution in [2.24, 2.45) is 0 Å². The summed E-state index contributed by atoms with van der Waals surface area (Å²) in [7, 11) is 0. The van der Waals surface area contributed by atoms with Crippen LogP contribution in [0, 0.1) is 0 Å². The molecule has 0 aliphatic carbocycles. The zero-order valence-electron chi connectivity index (χ0n) is 14.1. The van der Waals surface area contributed by atoms with Crippen LogP contribution >= 0.6 is 0 Å². The maximum absolute atomic E-state index is 12.2. The SMILES string of the molecule is CCCCOC(=O)n1nc(N)c2c(OCc3ccccc3)cccc21. The van der Waals surface area contributed by atoms with Crippen molar-refractivity contribution >= 4 is 22.8 Å². The first kappa shape index (κ1) is 16.8. The molecule has 0 unspecified atom stereocenters. The van der Waals surface area contributed by atoms with Crippen molar-refractivity contribution in [1.29, 1.82) is 0 Å². The largest absolute Gasteiger partial charge is 0.488 e. The number of fused-ring (bicyclic) bond motifs is 1. The molecule has 6 heteroatoms. The van der Waals surface area contributed by atoms with Crippen LogP contribution < -0.4 is 10.5 Å². The molecular formula is C19H21N3O3. The molecule has 0 spiro atoms. The van der Waals surface area contributed by atoms with Crippen molar-refractivity contribution in [3.05, 3.63) is 54.1 Å². The number of anilines is 1. The minimum absolute atomic E-state index is 0.242. The molecule has 3 aromatic rings. The molecule has 2 N–H and O–H groups in total. The van der Waals surface area contributed by atoms with Crippen molar-refractivity contribution < 1.29 is 14.3 Å². The quantitative estimate of drug-likeness (QED) is 0.687. The van der Waals surface area contributed by atoms with Gasteiger partial charge in [0.05, 0.1) is 17.5 Å². The molecule has 0 bridgehead atoms. The summed E-state index contributed by atoms with van der Waals surface area (Å²) in [6.45, 7) is 2.80. The van der Waals surface area contributed by atoms with Crippen LogP contribution in [0.3, 0.4) is 0 Å². The molecule has 0 radical (unpaired) electrons. The Morgan fingerprint density at radius 3 is 2.72 bits per heavy atom. The predicted octanol–water partition coefficient (Wildman–Crippen LogP) is 3.98. The Balaban J connectivity index is 1.85. The van der Waals surface area contributed by atoms with Crippen molar-refractivity contribution in [3.63, 3.8) is 0 Å². The van der Waals surface area contributed by atoms with E-state index in [2.05, 4.69) is 5.10 Å². The number of unbranched alkanes of at least 4 members (excludes halogenated alkanes) is 1. The molecule has 1 heterocycles. The van der Waals surface area contributed by atoms with E-state index in [1.807, 2.05) is 43.3 Å². The number of nitrogens with zero attached hydrogens (tertiary/aromatic N) is 2. The topological polar surface area (TPSA) is 79.4 Å². The summed E-state index contributed by atoms with van der Waals surface area (Å²) in [6.07, 6.45) is 1.23. The van der Waals surface area contributed by atoms with Gasteiger partial charge in [0.25, 0.3) is 0 Å². The van der Waals surface area contributed by atoms with Gasteiger partial charge in [0.1, 0.15) is 12.4 Å². The molecule has 0 atom stereocenters. The van der Waals surface area contributed by atoms with E-state index in [1.165, 1.54) is 4.68 Å². The van der Waals surface area contributed by atoms with E-state index in [0.29, 0.717) is 29.9 Å². The number of benzene rings is 2. The molecule has 6 nitrogen and oxygen atoms in total. The van der Waals surface area contributed by atoms with E-state index in [4.69, 9.17) is 15.2 Å². The van der Waals surface area contributed by atoms with Gasteiger partial charge in [0.15, 0.2) is 5.82 Å². The van der Waals surface area contributed by atoms with Gasteiger partial charge in [-0.25, -0.2) is 4.79 Å². The predicted molar refractivity (Wildman–Crippen MR) is 96.6 cm³/mol. The molecule has 0 saturated heterocycles. The highest BCUT2D eigenvalue weighted by molar-refractivity contribution is 5.98. The van der Waals surface area contributed by atoms with Crippen molar-refractivity contribution in [3.8, 4) is 5.75 Å². The first-order valence-electron chi connectivity index (χ1n) is 8.31. The van der Waals surface area contributed by atoms with E-state index in [-0.39, 0.29) is 5.82 Å². The maximum Gasteiger partial charge on any atom is 0.435 e. The van der Waals surface area contributed by atoms with E-state index in [1.54, 1.807) is 12.1 Å². The van der Waals surface area contributed by atoms with Gasteiger partial charge in [-0.3, -0.25) is 0 Å². The van der Waals surface area contributed by atoms with Gasteiger partial charge >= 0.3 is 6.09 Å². The Hall–Kier alpha value is -3.02. The highest BCUT2D eigenvalue weighted by Crippen LogP contribution is 2.31. The van der Waals surface area contributed by atoms with Crippen LogP contribution in [0.5, 0.6) is 5.75 Å². The lowest BCUT2D eigenvalue weighted by Gasteiger charge is -2.08. The first-order chi connectivity index (χ1) is 12.2. The number of nitrogen functional groups attached to an aromatic ring is 1. The Kier molecular flexibility index (Phi) is 5.18. The molecule has 3 rings (SSSR count). The molecule has 130 valence electrons. The average Bonchev–Trinajstić information content (AvgIpc) is 2.98. The van der Waals surface area contributed by atoms with E-state index < -0.39 is 6.09 Å². The molecule has 0 aliphatic heterocycles. The summed E-state index contributed by atoms with van der Waals surface area (Å²) in [5, 5.41) is 4.74. The van der Waals surface area contributed by atoms with E-state index in [0.717, 1.165) is 18.4 Å². The summed E-state index contributed by atoms with van der Waals surface area (Å²) in [4.78, 5) is 12.2. The Morgan fingerprint density at radius 1 is 1.16 bits per heavy atom. The van der Waals surface area contributed by atoms with E-state index in [9.17, 15) is 4.79 Å². The Labute approximate surface area is 146 Å². The number of carbonyl (C=O) groups is 1. The molecule has 25 heavy (non-hydrogen) atoms. The fourth-order valence-corrected chi connectivity index (χ4v) is 2.52. The van der Waals surface area contributed by atoms with Crippen LogP contribution in [0.2, 0.25) is 0 Å². The highest BCUT2D eigenvalue weighted by Gasteiger charge is 2.18. The minimum atomic E-state index is -0.532. The standard InChI is InChI=1S/C19H21N3O3/c1-2-3-12-24-19(23)22-15-10-7-11-16(17(15)18(20)21-22)25-13-14-8-5-4-6-9-14/h4-11H,2-3,12-13H2,1H3,(H2,20,21). The van der Waals surface area contributed by atoms with Gasteiger partial charge in [0, 0.05) is 0 Å². The zero-order valence-corrected chi connectivity index (χ0v) is 14.1. The highest BCUT2D eigenvalue weighted by atomic mass is 16.6. The molecule has 1 aromatic heterocycles. The first-order valence-corrected chi connectivity index (χ1v) is 8.31. The number of hydrogen-bond donors (Lipinski definition) is 1. The van der Waals surface area contributed by atoms with Gasteiger partial charge in [-0.05, 0) is 24.1 Å². The number of nitrogens with two attached hydrogens (primary N) is 1. The van der Waals surface area contributed by atoms with Crippen molar-refractivity contribution in [2.75, 3.05) is 12.3 Å². The minimum Gasteiger partial charge on any atom is -0.488 e. The van der Waals surface area contributed by atoms with Gasteiger partial charge < -0.3 is 15.2 Å². The van der Waals surface area contributed by atoms with Crippen molar-refractivity contribution in [2.45, 2.75) is 26.4 Å². The van der Waals surface area contributed by atoms with Gasteiger partial charge in [-0.15, -0.1) is 5.10 Å². The monoisotopic (exact) mass is 339 g/mol. The molecule has 0 amide bonds. The second-order valence-corrected chi connectivity index (χ2v) is 5.69. The second kappa shape index (κ2) is 7.70.